The average molecular weight is 402 g/mol. The first kappa shape index (κ1) is 15.6. The first-order valence-electron chi connectivity index (χ1n) is 6.46. The molecule has 0 bridgehead atoms. The molecule has 2 N–H and O–H groups in total. The van der Waals surface area contributed by atoms with Crippen molar-refractivity contribution in [3.63, 3.8) is 0 Å². The van der Waals surface area contributed by atoms with Crippen LogP contribution in [0.1, 0.15) is 18.1 Å². The van der Waals surface area contributed by atoms with Gasteiger partial charge in [-0.25, -0.2) is 0 Å². The number of benzene rings is 2. The molecule has 0 radical (unpaired) electrons. The molecular weight excluding hydrogens is 385 g/mol. The Labute approximate surface area is 138 Å². The van der Waals surface area contributed by atoms with Crippen LogP contribution < -0.4 is 10.5 Å². The van der Waals surface area contributed by atoms with Gasteiger partial charge in [0.1, 0.15) is 12.4 Å². The molecule has 0 aliphatic rings. The van der Waals surface area contributed by atoms with Gasteiger partial charge >= 0.3 is 0 Å². The summed E-state index contributed by atoms with van der Waals surface area (Å²) in [7, 11) is 0. The molecule has 0 fully saturated rings. The zero-order valence-corrected chi connectivity index (χ0v) is 14.2. The highest BCUT2D eigenvalue weighted by atomic mass is 127. The summed E-state index contributed by atoms with van der Waals surface area (Å²) in [5.41, 5.74) is 8.04. The van der Waals surface area contributed by atoms with Gasteiger partial charge in [-0.2, -0.15) is 0 Å². The molecule has 2 aromatic carbocycles. The molecule has 2 nitrogen and oxygen atoms in total. The Kier molecular flexibility index (Phi) is 5.69. The van der Waals surface area contributed by atoms with E-state index in [4.69, 9.17) is 22.1 Å². The fourth-order valence-corrected chi connectivity index (χ4v) is 2.52. The summed E-state index contributed by atoms with van der Waals surface area (Å²) in [6.45, 7) is 2.50. The van der Waals surface area contributed by atoms with E-state index in [-0.39, 0.29) is 6.04 Å². The van der Waals surface area contributed by atoms with Crippen LogP contribution in [0, 0.1) is 3.57 Å². The monoisotopic (exact) mass is 401 g/mol. The number of nitrogens with two attached hydrogens (primary N) is 1. The Balaban J connectivity index is 2.01. The number of hydrogen-bond acceptors (Lipinski definition) is 2. The molecule has 1 unspecified atom stereocenters. The van der Waals surface area contributed by atoms with Gasteiger partial charge in [-0.1, -0.05) is 29.8 Å². The van der Waals surface area contributed by atoms with E-state index in [0.29, 0.717) is 17.4 Å². The summed E-state index contributed by atoms with van der Waals surface area (Å²) in [5, 5.41) is 0.633. The topological polar surface area (TPSA) is 35.2 Å². The molecule has 0 aliphatic heterocycles. The van der Waals surface area contributed by atoms with Crippen molar-refractivity contribution in [3.8, 4) is 5.75 Å². The number of ether oxygens (including phenoxy) is 1. The van der Waals surface area contributed by atoms with Gasteiger partial charge < -0.3 is 10.5 Å². The van der Waals surface area contributed by atoms with Crippen LogP contribution in [-0.4, -0.2) is 6.04 Å². The van der Waals surface area contributed by atoms with E-state index in [0.717, 1.165) is 17.5 Å². The summed E-state index contributed by atoms with van der Waals surface area (Å²) in [5.74, 6) is 0.707. The molecule has 20 heavy (non-hydrogen) atoms. The van der Waals surface area contributed by atoms with E-state index in [1.54, 1.807) is 0 Å². The second kappa shape index (κ2) is 7.29. The Hall–Kier alpha value is -0.780. The highest BCUT2D eigenvalue weighted by Gasteiger charge is 2.05. The maximum absolute atomic E-state index is 6.24. The minimum Gasteiger partial charge on any atom is -0.487 e. The highest BCUT2D eigenvalue weighted by Crippen LogP contribution is 2.26. The van der Waals surface area contributed by atoms with Crippen LogP contribution in [0.25, 0.3) is 0 Å². The van der Waals surface area contributed by atoms with Gasteiger partial charge in [0.15, 0.2) is 0 Å². The van der Waals surface area contributed by atoms with Gasteiger partial charge in [0, 0.05) is 9.61 Å². The lowest BCUT2D eigenvalue weighted by atomic mass is 10.1. The van der Waals surface area contributed by atoms with Gasteiger partial charge in [-0.05, 0) is 71.3 Å². The van der Waals surface area contributed by atoms with Crippen molar-refractivity contribution in [1.82, 2.24) is 0 Å². The van der Waals surface area contributed by atoms with Gasteiger partial charge in [0.2, 0.25) is 0 Å². The maximum Gasteiger partial charge on any atom is 0.138 e. The van der Waals surface area contributed by atoms with Crippen molar-refractivity contribution in [2.24, 2.45) is 5.73 Å². The summed E-state index contributed by atoms with van der Waals surface area (Å²) in [6, 6.07) is 14.2. The van der Waals surface area contributed by atoms with Gasteiger partial charge in [-0.3, -0.25) is 0 Å². The normalized spacial score (nSPS) is 12.2. The minimum absolute atomic E-state index is 0.129. The first-order valence-corrected chi connectivity index (χ1v) is 7.91. The van der Waals surface area contributed by atoms with Crippen LogP contribution in [0.3, 0.4) is 0 Å². The van der Waals surface area contributed by atoms with Crippen LogP contribution in [0.15, 0.2) is 42.5 Å². The van der Waals surface area contributed by atoms with Crippen LogP contribution in [0.5, 0.6) is 5.75 Å². The molecule has 0 saturated heterocycles. The van der Waals surface area contributed by atoms with Crippen molar-refractivity contribution in [2.45, 2.75) is 26.0 Å². The summed E-state index contributed by atoms with van der Waals surface area (Å²) < 4.78 is 6.97. The number of rotatable bonds is 5. The zero-order chi connectivity index (χ0) is 14.5. The number of halogens is 2. The smallest absolute Gasteiger partial charge is 0.138 e. The second-order valence-corrected chi connectivity index (χ2v) is 6.51. The van der Waals surface area contributed by atoms with Crippen molar-refractivity contribution >= 4 is 34.2 Å². The van der Waals surface area contributed by atoms with Crippen molar-refractivity contribution in [3.05, 3.63) is 62.2 Å². The molecule has 0 heterocycles. The SMILES string of the molecule is CC(N)Cc1ccc(OCc2ccc(I)cc2)c(Cl)c1. The molecule has 0 spiro atoms. The standard InChI is InChI=1S/C16H17ClINO/c1-11(19)8-13-4-7-16(15(17)9-13)20-10-12-2-5-14(18)6-3-12/h2-7,9,11H,8,10,19H2,1H3. The van der Waals surface area contributed by atoms with Crippen LogP contribution >= 0.6 is 34.2 Å². The lowest BCUT2D eigenvalue weighted by Crippen LogP contribution is -2.17. The van der Waals surface area contributed by atoms with Gasteiger partial charge in [0.25, 0.3) is 0 Å². The minimum atomic E-state index is 0.129. The third-order valence-electron chi connectivity index (χ3n) is 2.86. The van der Waals surface area contributed by atoms with Crippen LogP contribution in [-0.2, 0) is 13.0 Å². The molecule has 0 saturated carbocycles. The molecule has 106 valence electrons. The van der Waals surface area contributed by atoms with E-state index < -0.39 is 0 Å². The van der Waals surface area contributed by atoms with Crippen LogP contribution in [0.2, 0.25) is 5.02 Å². The molecule has 2 aromatic rings. The molecule has 4 heteroatoms. The quantitative estimate of drug-likeness (QED) is 0.753. The Bertz CT molecular complexity index is 569. The molecular formula is C16H17ClINO. The summed E-state index contributed by atoms with van der Waals surface area (Å²) in [4.78, 5) is 0. The predicted molar refractivity (Wildman–Crippen MR) is 92.3 cm³/mol. The molecule has 1 atom stereocenters. The molecule has 0 aliphatic carbocycles. The van der Waals surface area contributed by atoms with Gasteiger partial charge in [-0.15, -0.1) is 0 Å². The van der Waals surface area contributed by atoms with Crippen LogP contribution in [0.4, 0.5) is 0 Å². The third kappa shape index (κ3) is 4.65. The Morgan fingerprint density at radius 1 is 1.15 bits per heavy atom. The maximum atomic E-state index is 6.24. The van der Waals surface area contributed by atoms with E-state index in [1.807, 2.05) is 25.1 Å². The first-order chi connectivity index (χ1) is 9.54. The summed E-state index contributed by atoms with van der Waals surface area (Å²) in [6.07, 6.45) is 0.817. The number of hydrogen-bond donors (Lipinski definition) is 1. The van der Waals surface area contributed by atoms with Gasteiger partial charge in [0.05, 0.1) is 5.02 Å². The molecule has 0 aromatic heterocycles. The third-order valence-corrected chi connectivity index (χ3v) is 3.88. The van der Waals surface area contributed by atoms with E-state index >= 15 is 0 Å². The van der Waals surface area contributed by atoms with Crippen molar-refractivity contribution < 1.29 is 4.74 Å². The van der Waals surface area contributed by atoms with Crippen molar-refractivity contribution in [1.29, 1.82) is 0 Å². The predicted octanol–water partition coefficient (Wildman–Crippen LogP) is 4.41. The average Bonchev–Trinajstić information content (AvgIpc) is 2.39. The summed E-state index contributed by atoms with van der Waals surface area (Å²) >= 11 is 8.52. The van der Waals surface area contributed by atoms with E-state index in [9.17, 15) is 0 Å². The van der Waals surface area contributed by atoms with E-state index in [1.165, 1.54) is 3.57 Å². The molecule has 2 rings (SSSR count). The Morgan fingerprint density at radius 3 is 2.40 bits per heavy atom. The fraction of sp³-hybridized carbons (Fsp3) is 0.250. The highest BCUT2D eigenvalue weighted by molar-refractivity contribution is 14.1. The van der Waals surface area contributed by atoms with E-state index in [2.05, 4.69) is 46.9 Å². The largest absolute Gasteiger partial charge is 0.487 e. The van der Waals surface area contributed by atoms with Crippen molar-refractivity contribution in [2.75, 3.05) is 0 Å². The second-order valence-electron chi connectivity index (χ2n) is 4.86. The lowest BCUT2D eigenvalue weighted by molar-refractivity contribution is 0.306. The zero-order valence-electron chi connectivity index (χ0n) is 11.3. The lowest BCUT2D eigenvalue weighted by Gasteiger charge is -2.11. The fourth-order valence-electron chi connectivity index (χ4n) is 1.90. The molecule has 0 amide bonds. The Morgan fingerprint density at radius 2 is 1.80 bits per heavy atom.